The summed E-state index contributed by atoms with van der Waals surface area (Å²) >= 11 is 14.3. The Morgan fingerprint density at radius 3 is 1.93 bits per heavy atom. The first-order valence-electron chi connectivity index (χ1n) is 15.7. The summed E-state index contributed by atoms with van der Waals surface area (Å²) in [6.45, 7) is 0. The highest BCUT2D eigenvalue weighted by atomic mass is 35.5. The van der Waals surface area contributed by atoms with Crippen molar-refractivity contribution < 1.29 is 70.7 Å². The number of methoxy groups -OCH3 is 2. The highest BCUT2D eigenvalue weighted by Crippen LogP contribution is 2.66. The Kier molecular flexibility index (Phi) is 8.42. The molecular weight excluding hydrogens is 774 g/mol. The standard InChI is InChI=1S/C35H23Cl2F5N2O10/c1-53-18-7-11(8-19(54-2)28(18)46)21-13-5-6-15-20(30(48)43(29(15)47)12-3-4-14(31(49)50)17(45)9-12)16(13)10-34(36)32(51)44(33(52)35(21,34)37)27-25(41)23(39)22(38)24(40)26(27)42/h3-5,7-9,15-16,20-21,45-46H,6,10H2,1-2H3,(H,49,50)/t15-,16+,20-,21-,34+,35-/m0/s1. The van der Waals surface area contributed by atoms with Gasteiger partial charge in [-0.3, -0.25) is 19.2 Å². The number of alkyl halides is 2. The molecule has 0 radical (unpaired) electrons. The van der Waals surface area contributed by atoms with Crippen LogP contribution in [0.1, 0.15) is 34.7 Å². The highest BCUT2D eigenvalue weighted by Gasteiger charge is 2.77. The lowest BCUT2D eigenvalue weighted by Crippen LogP contribution is -2.60. The lowest BCUT2D eigenvalue weighted by atomic mass is 9.56. The van der Waals surface area contributed by atoms with Crippen LogP contribution in [0, 0.1) is 46.8 Å². The van der Waals surface area contributed by atoms with E-state index in [4.69, 9.17) is 32.7 Å². The van der Waals surface area contributed by atoms with Gasteiger partial charge in [0, 0.05) is 12.0 Å². The number of fused-ring (bicyclic) bond motifs is 4. The third kappa shape index (κ3) is 4.63. The molecule has 6 atom stereocenters. The fraction of sp³-hybridized carbons (Fsp3) is 0.286. The number of carboxylic acid groups (broad SMARTS) is 1. The number of hydrogen-bond acceptors (Lipinski definition) is 9. The number of aromatic hydroxyl groups is 2. The molecule has 2 aliphatic carbocycles. The Morgan fingerprint density at radius 1 is 0.815 bits per heavy atom. The van der Waals surface area contributed by atoms with Gasteiger partial charge in [0.1, 0.15) is 17.0 Å². The van der Waals surface area contributed by atoms with Gasteiger partial charge in [0.25, 0.3) is 11.8 Å². The van der Waals surface area contributed by atoms with E-state index in [1.54, 1.807) is 0 Å². The van der Waals surface area contributed by atoms with Crippen LogP contribution in [0.25, 0.3) is 0 Å². The minimum atomic E-state index is -2.85. The zero-order valence-electron chi connectivity index (χ0n) is 27.4. The molecule has 0 bridgehead atoms. The van der Waals surface area contributed by atoms with Crippen LogP contribution in [0.4, 0.5) is 33.3 Å². The Morgan fingerprint density at radius 2 is 1.39 bits per heavy atom. The lowest BCUT2D eigenvalue weighted by Gasteiger charge is -2.50. The first-order valence-corrected chi connectivity index (χ1v) is 16.5. The van der Waals surface area contributed by atoms with Crippen molar-refractivity contribution in [3.05, 3.63) is 82.2 Å². The Hall–Kier alpha value is -5.42. The van der Waals surface area contributed by atoms with Crippen molar-refractivity contribution in [2.75, 3.05) is 24.0 Å². The number of benzene rings is 3. The predicted molar refractivity (Wildman–Crippen MR) is 175 cm³/mol. The number of allylic oxidation sites excluding steroid dienone is 2. The summed E-state index contributed by atoms with van der Waals surface area (Å²) in [5.41, 5.74) is -2.67. The zero-order chi connectivity index (χ0) is 39.5. The van der Waals surface area contributed by atoms with Crippen molar-refractivity contribution in [2.45, 2.75) is 28.5 Å². The molecule has 12 nitrogen and oxygen atoms in total. The van der Waals surface area contributed by atoms with Gasteiger partial charge in [-0.2, -0.15) is 0 Å². The van der Waals surface area contributed by atoms with Crippen LogP contribution in [-0.4, -0.2) is 68.9 Å². The molecular formula is C35H23Cl2F5N2O10. The number of carbonyl (C=O) groups excluding carboxylic acids is 4. The van der Waals surface area contributed by atoms with E-state index < -0.39 is 121 Å². The van der Waals surface area contributed by atoms with Gasteiger partial charge in [0.05, 0.1) is 31.7 Å². The fourth-order valence-corrected chi connectivity index (χ4v) is 9.05. The maximum absolute atomic E-state index is 15.3. The van der Waals surface area contributed by atoms with Gasteiger partial charge in [-0.15, -0.1) is 23.2 Å². The number of phenols is 2. The predicted octanol–water partition coefficient (Wildman–Crippen LogP) is 5.28. The van der Waals surface area contributed by atoms with E-state index in [9.17, 15) is 52.5 Å². The lowest BCUT2D eigenvalue weighted by molar-refractivity contribution is -0.125. The molecule has 2 heterocycles. The van der Waals surface area contributed by atoms with Gasteiger partial charge in [-0.05, 0) is 48.6 Å². The van der Waals surface area contributed by atoms with Crippen LogP contribution < -0.4 is 19.3 Å². The molecule has 4 aliphatic rings. The maximum Gasteiger partial charge on any atom is 0.339 e. The summed E-state index contributed by atoms with van der Waals surface area (Å²) in [5, 5.41) is 30.3. The normalized spacial score (nSPS) is 27.5. The molecule has 3 N–H and O–H groups in total. The van der Waals surface area contributed by atoms with Crippen LogP contribution in [0.3, 0.4) is 0 Å². The van der Waals surface area contributed by atoms with Crippen LogP contribution in [-0.2, 0) is 19.2 Å². The van der Waals surface area contributed by atoms with E-state index in [0.717, 1.165) is 32.4 Å². The van der Waals surface area contributed by atoms with E-state index in [0.29, 0.717) is 4.90 Å². The number of ether oxygens (including phenoxy) is 2. The molecule has 0 spiro atoms. The zero-order valence-corrected chi connectivity index (χ0v) is 28.9. The van der Waals surface area contributed by atoms with Crippen LogP contribution in [0.15, 0.2) is 42.0 Å². The summed E-state index contributed by atoms with van der Waals surface area (Å²) < 4.78 is 84.2. The molecule has 2 saturated heterocycles. The second-order valence-electron chi connectivity index (χ2n) is 13.0. The van der Waals surface area contributed by atoms with Crippen molar-refractivity contribution in [3.8, 4) is 23.0 Å². The quantitative estimate of drug-likeness (QED) is 0.0745. The van der Waals surface area contributed by atoms with E-state index >= 15 is 8.78 Å². The van der Waals surface area contributed by atoms with Crippen molar-refractivity contribution in [3.63, 3.8) is 0 Å². The molecule has 2 aliphatic heterocycles. The molecule has 0 aromatic heterocycles. The molecule has 3 aromatic carbocycles. The monoisotopic (exact) mass is 796 g/mol. The summed E-state index contributed by atoms with van der Waals surface area (Å²) in [4.78, 5) is 63.2. The third-order valence-corrected chi connectivity index (χ3v) is 11.9. The topological polar surface area (TPSA) is 171 Å². The average Bonchev–Trinajstić information content (AvgIpc) is 3.47. The van der Waals surface area contributed by atoms with E-state index in [2.05, 4.69) is 0 Å². The van der Waals surface area contributed by atoms with E-state index in [1.807, 2.05) is 0 Å². The molecule has 3 aromatic rings. The van der Waals surface area contributed by atoms with Crippen molar-refractivity contribution in [2.24, 2.45) is 17.8 Å². The number of anilines is 2. The van der Waals surface area contributed by atoms with Crippen molar-refractivity contribution in [1.82, 2.24) is 0 Å². The molecule has 282 valence electrons. The van der Waals surface area contributed by atoms with Gasteiger partial charge >= 0.3 is 5.97 Å². The average molecular weight is 797 g/mol. The first-order chi connectivity index (χ1) is 25.4. The molecule has 3 fully saturated rings. The van der Waals surface area contributed by atoms with Gasteiger partial charge in [-0.1, -0.05) is 11.6 Å². The van der Waals surface area contributed by atoms with Crippen molar-refractivity contribution in [1.29, 1.82) is 0 Å². The minimum Gasteiger partial charge on any atom is -0.507 e. The fourth-order valence-electron chi connectivity index (χ4n) is 8.12. The molecule has 1 saturated carbocycles. The molecule has 19 heteroatoms. The summed E-state index contributed by atoms with van der Waals surface area (Å²) in [7, 11) is 2.31. The second-order valence-corrected chi connectivity index (χ2v) is 14.2. The SMILES string of the molecule is COc1cc([C@H]2C3=CC[C@@H]4C(=O)N(c5ccc(C(=O)O)c(O)c5)C(=O)[C@@H]4[C@@H]3C[C@@]3(Cl)C(=O)N(c4c(F)c(F)c(F)c(F)c4F)C(=O)[C@@]23Cl)cc(OC)c1O. The third-order valence-electron chi connectivity index (χ3n) is 10.5. The Bertz CT molecular complexity index is 2250. The largest absolute Gasteiger partial charge is 0.507 e. The van der Waals surface area contributed by atoms with Crippen LogP contribution in [0.2, 0.25) is 0 Å². The van der Waals surface area contributed by atoms with Gasteiger partial charge in [0.15, 0.2) is 44.5 Å². The number of amides is 4. The molecule has 4 amide bonds. The number of hydrogen-bond donors (Lipinski definition) is 3. The van der Waals surface area contributed by atoms with E-state index in [-0.39, 0.29) is 39.6 Å². The number of rotatable bonds is 6. The Balaban J connectivity index is 1.44. The number of aromatic carboxylic acids is 1. The molecule has 54 heavy (non-hydrogen) atoms. The van der Waals surface area contributed by atoms with E-state index in [1.165, 1.54) is 18.2 Å². The maximum atomic E-state index is 15.3. The van der Waals surface area contributed by atoms with Crippen LogP contribution >= 0.6 is 23.2 Å². The van der Waals surface area contributed by atoms with Crippen molar-refractivity contribution >= 4 is 64.2 Å². The van der Waals surface area contributed by atoms with Gasteiger partial charge in [-0.25, -0.2) is 36.5 Å². The number of imide groups is 2. The Labute approximate surface area is 309 Å². The number of halogens is 7. The number of phenolic OH excluding ortho intramolecular Hbond substituents is 1. The second kappa shape index (κ2) is 12.3. The summed E-state index contributed by atoms with van der Waals surface area (Å²) in [6.07, 6.45) is 0.452. The first kappa shape index (κ1) is 36.9. The number of carboxylic acids is 1. The molecule has 0 unspecified atom stereocenters. The summed E-state index contributed by atoms with van der Waals surface area (Å²) in [6, 6.07) is 5.29. The molecule has 7 rings (SSSR count). The highest BCUT2D eigenvalue weighted by molar-refractivity contribution is 6.58. The minimum absolute atomic E-state index is 0.0841. The van der Waals surface area contributed by atoms with Crippen LogP contribution in [0.5, 0.6) is 23.0 Å². The smallest absolute Gasteiger partial charge is 0.339 e. The summed E-state index contributed by atoms with van der Waals surface area (Å²) in [5.74, 6) is -26.6. The van der Waals surface area contributed by atoms with Gasteiger partial charge in [0.2, 0.25) is 23.4 Å². The number of carbonyl (C=O) groups is 5. The number of nitrogens with zero attached hydrogens (tertiary/aromatic N) is 2. The van der Waals surface area contributed by atoms with Gasteiger partial charge < -0.3 is 24.8 Å².